The van der Waals surface area contributed by atoms with Crippen LogP contribution in [-0.2, 0) is 4.79 Å². The standard InChI is InChI=1S/C18H18ClN3O2/c1-11-4-9-15-20-16(13-5-7-14(24-3)8-6-13)17(22(15)10-11)21-18(23)12(2)19/h4-10,12H,1-3H3,(H,21,23)/t12-/m1/s1. The zero-order chi connectivity index (χ0) is 17.3. The summed E-state index contributed by atoms with van der Waals surface area (Å²) < 4.78 is 7.06. The molecule has 0 radical (unpaired) electrons. The summed E-state index contributed by atoms with van der Waals surface area (Å²) >= 11 is 5.91. The molecule has 3 aromatic rings. The van der Waals surface area contributed by atoms with Crippen LogP contribution in [0.2, 0.25) is 0 Å². The van der Waals surface area contributed by atoms with E-state index in [0.717, 1.165) is 22.5 Å². The highest BCUT2D eigenvalue weighted by Gasteiger charge is 2.18. The number of fused-ring (bicyclic) bond motifs is 1. The van der Waals surface area contributed by atoms with Crippen molar-refractivity contribution in [1.82, 2.24) is 9.38 Å². The Bertz CT molecular complexity index is 885. The summed E-state index contributed by atoms with van der Waals surface area (Å²) in [6.45, 7) is 3.63. The molecule has 2 heterocycles. The van der Waals surface area contributed by atoms with Gasteiger partial charge in [-0.1, -0.05) is 6.07 Å². The third-order valence-electron chi connectivity index (χ3n) is 3.73. The van der Waals surface area contributed by atoms with Gasteiger partial charge in [-0.2, -0.15) is 0 Å². The van der Waals surface area contributed by atoms with Crippen molar-refractivity contribution in [3.8, 4) is 17.0 Å². The van der Waals surface area contributed by atoms with Gasteiger partial charge in [0.15, 0.2) is 0 Å². The number of alkyl halides is 1. The van der Waals surface area contributed by atoms with Gasteiger partial charge in [-0.05, 0) is 49.7 Å². The van der Waals surface area contributed by atoms with Crippen molar-refractivity contribution in [2.75, 3.05) is 12.4 Å². The maximum Gasteiger partial charge on any atom is 0.243 e. The number of ether oxygens (including phenoxy) is 1. The largest absolute Gasteiger partial charge is 0.497 e. The van der Waals surface area contributed by atoms with E-state index in [9.17, 15) is 4.79 Å². The molecule has 0 bridgehead atoms. The molecule has 1 aromatic carbocycles. The van der Waals surface area contributed by atoms with Crippen LogP contribution in [0, 0.1) is 6.92 Å². The molecule has 6 heteroatoms. The van der Waals surface area contributed by atoms with Gasteiger partial charge in [-0.25, -0.2) is 4.98 Å². The molecule has 5 nitrogen and oxygen atoms in total. The van der Waals surface area contributed by atoms with Crippen molar-refractivity contribution in [3.05, 3.63) is 48.2 Å². The lowest BCUT2D eigenvalue weighted by Crippen LogP contribution is -2.21. The number of pyridine rings is 1. The van der Waals surface area contributed by atoms with E-state index < -0.39 is 5.38 Å². The zero-order valence-electron chi connectivity index (χ0n) is 13.7. The van der Waals surface area contributed by atoms with Gasteiger partial charge >= 0.3 is 0 Å². The highest BCUT2D eigenvalue weighted by Crippen LogP contribution is 2.30. The highest BCUT2D eigenvalue weighted by molar-refractivity contribution is 6.32. The number of anilines is 1. The lowest BCUT2D eigenvalue weighted by molar-refractivity contribution is -0.115. The topological polar surface area (TPSA) is 55.6 Å². The average Bonchev–Trinajstić information content (AvgIpc) is 2.92. The predicted octanol–water partition coefficient (Wildman–Crippen LogP) is 3.88. The van der Waals surface area contributed by atoms with Crippen LogP contribution in [-0.4, -0.2) is 27.8 Å². The number of halogens is 1. The number of nitrogens with one attached hydrogen (secondary N) is 1. The summed E-state index contributed by atoms with van der Waals surface area (Å²) in [5.74, 6) is 1.10. The molecule has 3 rings (SSSR count). The predicted molar refractivity (Wildman–Crippen MR) is 95.9 cm³/mol. The van der Waals surface area contributed by atoms with Crippen LogP contribution < -0.4 is 10.1 Å². The van der Waals surface area contributed by atoms with E-state index in [1.165, 1.54) is 0 Å². The minimum Gasteiger partial charge on any atom is -0.497 e. The molecule has 0 aliphatic rings. The molecule has 0 aliphatic heterocycles. The van der Waals surface area contributed by atoms with Crippen LogP contribution >= 0.6 is 11.6 Å². The van der Waals surface area contributed by atoms with Crippen molar-refractivity contribution in [2.24, 2.45) is 0 Å². The SMILES string of the molecule is COc1ccc(-c2nc3ccc(C)cn3c2NC(=O)[C@@H](C)Cl)cc1. The molecule has 124 valence electrons. The van der Waals surface area contributed by atoms with Crippen molar-refractivity contribution in [2.45, 2.75) is 19.2 Å². The smallest absolute Gasteiger partial charge is 0.243 e. The maximum atomic E-state index is 12.1. The van der Waals surface area contributed by atoms with Crippen LogP contribution in [0.4, 0.5) is 5.82 Å². The second-order valence-corrected chi connectivity index (χ2v) is 6.23. The molecule has 1 N–H and O–H groups in total. The summed E-state index contributed by atoms with van der Waals surface area (Å²) in [4.78, 5) is 16.8. The highest BCUT2D eigenvalue weighted by atomic mass is 35.5. The Morgan fingerprint density at radius 3 is 2.58 bits per heavy atom. The molecule has 0 fully saturated rings. The van der Waals surface area contributed by atoms with E-state index in [0.29, 0.717) is 11.5 Å². The summed E-state index contributed by atoms with van der Waals surface area (Å²) in [6.07, 6.45) is 1.93. The monoisotopic (exact) mass is 343 g/mol. The normalized spacial score (nSPS) is 12.2. The Hall–Kier alpha value is -2.53. The number of hydrogen-bond donors (Lipinski definition) is 1. The third-order valence-corrected chi connectivity index (χ3v) is 3.93. The summed E-state index contributed by atoms with van der Waals surface area (Å²) in [7, 11) is 1.62. The minimum atomic E-state index is -0.635. The van der Waals surface area contributed by atoms with Gasteiger partial charge in [0.05, 0.1) is 7.11 Å². The molecule has 0 saturated carbocycles. The van der Waals surface area contributed by atoms with Crippen LogP contribution in [0.1, 0.15) is 12.5 Å². The van der Waals surface area contributed by atoms with Crippen LogP contribution in [0.3, 0.4) is 0 Å². The molecule has 0 saturated heterocycles. The van der Waals surface area contributed by atoms with Crippen molar-refractivity contribution >= 4 is 29.0 Å². The van der Waals surface area contributed by atoms with E-state index in [1.54, 1.807) is 14.0 Å². The Kier molecular flexibility index (Phi) is 4.44. The van der Waals surface area contributed by atoms with Crippen LogP contribution in [0.5, 0.6) is 5.75 Å². The van der Waals surface area contributed by atoms with Gasteiger partial charge < -0.3 is 10.1 Å². The molecule has 2 aromatic heterocycles. The fourth-order valence-electron chi connectivity index (χ4n) is 2.44. The fourth-order valence-corrected chi connectivity index (χ4v) is 2.49. The number of rotatable bonds is 4. The average molecular weight is 344 g/mol. The van der Waals surface area contributed by atoms with Crippen molar-refractivity contribution < 1.29 is 9.53 Å². The van der Waals surface area contributed by atoms with Crippen molar-refractivity contribution in [3.63, 3.8) is 0 Å². The number of benzene rings is 1. The molecule has 1 atom stereocenters. The summed E-state index contributed by atoms with van der Waals surface area (Å²) in [5, 5.41) is 2.25. The Morgan fingerprint density at radius 2 is 1.96 bits per heavy atom. The van der Waals surface area contributed by atoms with Crippen LogP contribution in [0.15, 0.2) is 42.6 Å². The number of hydrogen-bond acceptors (Lipinski definition) is 3. The van der Waals surface area contributed by atoms with Gasteiger partial charge in [0.2, 0.25) is 5.91 Å². The third kappa shape index (κ3) is 3.08. The van der Waals surface area contributed by atoms with Crippen LogP contribution in [0.25, 0.3) is 16.9 Å². The lowest BCUT2D eigenvalue weighted by Gasteiger charge is -2.09. The number of aromatic nitrogens is 2. The number of carbonyl (C=O) groups excluding carboxylic acids is 1. The number of carbonyl (C=O) groups is 1. The molecular weight excluding hydrogens is 326 g/mol. The zero-order valence-corrected chi connectivity index (χ0v) is 14.5. The maximum absolute atomic E-state index is 12.1. The van der Waals surface area contributed by atoms with E-state index >= 15 is 0 Å². The number of imidazole rings is 1. The number of nitrogens with zero attached hydrogens (tertiary/aromatic N) is 2. The summed E-state index contributed by atoms with van der Waals surface area (Å²) in [6, 6.07) is 11.4. The quantitative estimate of drug-likeness (QED) is 0.731. The van der Waals surface area contributed by atoms with Gasteiger partial charge in [-0.15, -0.1) is 11.6 Å². The molecule has 0 aliphatic carbocycles. The van der Waals surface area contributed by atoms with Crippen molar-refractivity contribution in [1.29, 1.82) is 0 Å². The lowest BCUT2D eigenvalue weighted by atomic mass is 10.1. The van der Waals surface area contributed by atoms with E-state index in [1.807, 2.05) is 53.9 Å². The number of aryl methyl sites for hydroxylation is 1. The summed E-state index contributed by atoms with van der Waals surface area (Å²) in [5.41, 5.74) is 3.39. The van der Waals surface area contributed by atoms with E-state index in [-0.39, 0.29) is 5.91 Å². The molecule has 1 amide bonds. The molecule has 0 unspecified atom stereocenters. The first-order chi connectivity index (χ1) is 11.5. The first-order valence-electron chi connectivity index (χ1n) is 7.57. The Morgan fingerprint density at radius 1 is 1.25 bits per heavy atom. The Labute approximate surface area is 145 Å². The number of methoxy groups -OCH3 is 1. The molecular formula is C18H18ClN3O2. The second-order valence-electron chi connectivity index (χ2n) is 5.58. The molecule has 0 spiro atoms. The van der Waals surface area contributed by atoms with Gasteiger partial charge in [-0.3, -0.25) is 9.20 Å². The second kappa shape index (κ2) is 6.53. The molecule has 24 heavy (non-hydrogen) atoms. The van der Waals surface area contributed by atoms with Gasteiger partial charge in [0.25, 0.3) is 0 Å². The first kappa shape index (κ1) is 16.3. The first-order valence-corrected chi connectivity index (χ1v) is 8.01. The van der Waals surface area contributed by atoms with E-state index in [4.69, 9.17) is 16.3 Å². The van der Waals surface area contributed by atoms with E-state index in [2.05, 4.69) is 10.3 Å². The number of amides is 1. The fraction of sp³-hybridized carbons (Fsp3) is 0.222. The van der Waals surface area contributed by atoms with Gasteiger partial charge in [0.1, 0.15) is 28.3 Å². The van der Waals surface area contributed by atoms with Gasteiger partial charge in [0, 0.05) is 11.8 Å². The Balaban J connectivity index is 2.16. The minimum absolute atomic E-state index is 0.269.